The van der Waals surface area contributed by atoms with Gasteiger partial charge in [-0.2, -0.15) is 0 Å². The zero-order valence-corrected chi connectivity index (χ0v) is 8.63. The van der Waals surface area contributed by atoms with Gasteiger partial charge in [0.25, 0.3) is 0 Å². The highest BCUT2D eigenvalue weighted by Crippen LogP contribution is 2.09. The molecule has 1 aromatic heterocycles. The molecule has 0 atom stereocenters. The van der Waals surface area contributed by atoms with Crippen LogP contribution < -0.4 is 5.73 Å². The lowest BCUT2D eigenvalue weighted by molar-refractivity contribution is 0.850. The summed E-state index contributed by atoms with van der Waals surface area (Å²) < 4.78 is 0.792. The zero-order chi connectivity index (χ0) is 8.97. The molecule has 0 fully saturated rings. The van der Waals surface area contributed by atoms with E-state index in [4.69, 9.17) is 5.73 Å². The van der Waals surface area contributed by atoms with Crippen molar-refractivity contribution in [1.82, 2.24) is 9.97 Å². The van der Waals surface area contributed by atoms with Crippen molar-refractivity contribution in [1.29, 1.82) is 0 Å². The number of hydrogen-bond donors (Lipinski definition) is 1. The molecule has 0 bridgehead atoms. The van der Waals surface area contributed by atoms with Gasteiger partial charge in [-0.25, -0.2) is 4.98 Å². The summed E-state index contributed by atoms with van der Waals surface area (Å²) in [7, 11) is 0. The van der Waals surface area contributed by atoms with Crippen LogP contribution in [0, 0.1) is 0 Å². The summed E-state index contributed by atoms with van der Waals surface area (Å²) in [6.45, 7) is 2.69. The van der Waals surface area contributed by atoms with Gasteiger partial charge in [0.05, 0.1) is 17.6 Å². The monoisotopic (exact) mass is 229 g/mol. The van der Waals surface area contributed by atoms with Gasteiger partial charge in [0, 0.05) is 6.42 Å². The Labute approximate surface area is 80.5 Å². The third-order valence-electron chi connectivity index (χ3n) is 1.62. The van der Waals surface area contributed by atoms with Crippen LogP contribution >= 0.6 is 15.9 Å². The third kappa shape index (κ3) is 2.25. The predicted molar refractivity (Wildman–Crippen MR) is 51.9 cm³/mol. The van der Waals surface area contributed by atoms with Crippen LogP contribution in [0.4, 0.5) is 0 Å². The third-order valence-corrected chi connectivity index (χ3v) is 2.00. The Morgan fingerprint density at radius 3 is 2.83 bits per heavy atom. The molecular formula is C8H12BrN3. The Morgan fingerprint density at radius 1 is 1.50 bits per heavy atom. The Hall–Kier alpha value is -0.480. The quantitative estimate of drug-likeness (QED) is 0.851. The van der Waals surface area contributed by atoms with Crippen LogP contribution in [0.25, 0.3) is 0 Å². The normalized spacial score (nSPS) is 10.2. The van der Waals surface area contributed by atoms with Crippen LogP contribution in [0.2, 0.25) is 0 Å². The molecule has 1 rings (SSSR count). The lowest BCUT2D eigenvalue weighted by Crippen LogP contribution is -2.08. The summed E-state index contributed by atoms with van der Waals surface area (Å²) in [5, 5.41) is 0. The molecule has 0 amide bonds. The van der Waals surface area contributed by atoms with Gasteiger partial charge in [0.2, 0.25) is 0 Å². The van der Waals surface area contributed by atoms with E-state index in [0.717, 1.165) is 28.8 Å². The summed E-state index contributed by atoms with van der Waals surface area (Å²) in [6.07, 6.45) is 3.43. The van der Waals surface area contributed by atoms with Crippen LogP contribution in [0.15, 0.2) is 10.8 Å². The van der Waals surface area contributed by atoms with Crippen LogP contribution in [0.5, 0.6) is 0 Å². The summed E-state index contributed by atoms with van der Waals surface area (Å²) in [5.74, 6) is 0. The van der Waals surface area contributed by atoms with Crippen LogP contribution in [-0.4, -0.2) is 16.5 Å². The Kier molecular flexibility index (Phi) is 3.62. The summed E-state index contributed by atoms with van der Waals surface area (Å²) in [6, 6.07) is 0. The van der Waals surface area contributed by atoms with Crippen molar-refractivity contribution in [2.24, 2.45) is 5.73 Å². The number of nitrogens with zero attached hydrogens (tertiary/aromatic N) is 2. The minimum absolute atomic E-state index is 0.628. The van der Waals surface area contributed by atoms with Crippen molar-refractivity contribution in [2.45, 2.75) is 19.8 Å². The molecule has 12 heavy (non-hydrogen) atoms. The van der Waals surface area contributed by atoms with Gasteiger partial charge < -0.3 is 5.73 Å². The Bertz CT molecular complexity index is 262. The van der Waals surface area contributed by atoms with Crippen molar-refractivity contribution in [3.05, 3.63) is 22.2 Å². The van der Waals surface area contributed by atoms with E-state index in [0.29, 0.717) is 6.54 Å². The average Bonchev–Trinajstić information content (AvgIpc) is 2.08. The van der Waals surface area contributed by atoms with E-state index in [1.54, 1.807) is 6.20 Å². The molecule has 0 aromatic carbocycles. The summed E-state index contributed by atoms with van der Waals surface area (Å²) in [4.78, 5) is 8.56. The topological polar surface area (TPSA) is 51.8 Å². The SMILES string of the molecule is CCc1nc(Br)cnc1CCN. The Balaban J connectivity index is 2.94. The van der Waals surface area contributed by atoms with Gasteiger partial charge in [0.15, 0.2) is 0 Å². The van der Waals surface area contributed by atoms with Crippen LogP contribution in [0.1, 0.15) is 18.3 Å². The number of nitrogens with two attached hydrogens (primary N) is 1. The zero-order valence-electron chi connectivity index (χ0n) is 7.05. The molecule has 1 heterocycles. The first-order valence-electron chi connectivity index (χ1n) is 3.98. The minimum atomic E-state index is 0.628. The number of aromatic nitrogens is 2. The fraction of sp³-hybridized carbons (Fsp3) is 0.500. The van der Waals surface area contributed by atoms with E-state index in [2.05, 4.69) is 32.8 Å². The van der Waals surface area contributed by atoms with E-state index in [9.17, 15) is 0 Å². The second-order valence-electron chi connectivity index (χ2n) is 2.48. The highest BCUT2D eigenvalue weighted by molar-refractivity contribution is 9.10. The lowest BCUT2D eigenvalue weighted by atomic mass is 10.2. The second-order valence-corrected chi connectivity index (χ2v) is 3.29. The van der Waals surface area contributed by atoms with Crippen molar-refractivity contribution in [3.8, 4) is 0 Å². The molecule has 1 aromatic rings. The second kappa shape index (κ2) is 4.52. The van der Waals surface area contributed by atoms with Crippen molar-refractivity contribution in [3.63, 3.8) is 0 Å². The fourth-order valence-corrected chi connectivity index (χ4v) is 1.37. The van der Waals surface area contributed by atoms with E-state index in [1.165, 1.54) is 0 Å². The minimum Gasteiger partial charge on any atom is -0.330 e. The standard InChI is InChI=1S/C8H12BrN3/c1-2-6-7(3-4-10)11-5-8(9)12-6/h5H,2-4,10H2,1H3. The summed E-state index contributed by atoms with van der Waals surface area (Å²) in [5.41, 5.74) is 7.50. The number of rotatable bonds is 3. The maximum atomic E-state index is 5.44. The predicted octanol–water partition coefficient (Wildman–Crippen LogP) is 1.30. The molecule has 4 heteroatoms. The molecule has 66 valence electrons. The molecule has 0 saturated carbocycles. The van der Waals surface area contributed by atoms with Crippen molar-refractivity contribution in [2.75, 3.05) is 6.54 Å². The maximum absolute atomic E-state index is 5.44. The van der Waals surface area contributed by atoms with Crippen LogP contribution in [0.3, 0.4) is 0 Å². The van der Waals surface area contributed by atoms with Gasteiger partial charge in [-0.1, -0.05) is 6.92 Å². The van der Waals surface area contributed by atoms with Gasteiger partial charge >= 0.3 is 0 Å². The molecule has 0 spiro atoms. The van der Waals surface area contributed by atoms with E-state index in [1.807, 2.05) is 0 Å². The number of aryl methyl sites for hydroxylation is 1. The fourth-order valence-electron chi connectivity index (χ4n) is 1.06. The average molecular weight is 230 g/mol. The lowest BCUT2D eigenvalue weighted by Gasteiger charge is -2.03. The molecule has 0 saturated heterocycles. The van der Waals surface area contributed by atoms with E-state index < -0.39 is 0 Å². The van der Waals surface area contributed by atoms with Gasteiger partial charge in [-0.3, -0.25) is 4.98 Å². The molecule has 0 aliphatic carbocycles. The van der Waals surface area contributed by atoms with Crippen LogP contribution in [-0.2, 0) is 12.8 Å². The Morgan fingerprint density at radius 2 is 2.25 bits per heavy atom. The molecular weight excluding hydrogens is 218 g/mol. The molecule has 0 aliphatic heterocycles. The highest BCUT2D eigenvalue weighted by Gasteiger charge is 2.03. The highest BCUT2D eigenvalue weighted by atomic mass is 79.9. The summed E-state index contributed by atoms with van der Waals surface area (Å²) >= 11 is 3.28. The molecule has 0 aliphatic rings. The van der Waals surface area contributed by atoms with Gasteiger partial charge in [-0.05, 0) is 28.9 Å². The van der Waals surface area contributed by atoms with E-state index >= 15 is 0 Å². The smallest absolute Gasteiger partial charge is 0.124 e. The first-order valence-corrected chi connectivity index (χ1v) is 4.77. The molecule has 2 N–H and O–H groups in total. The number of hydrogen-bond acceptors (Lipinski definition) is 3. The number of halogens is 1. The van der Waals surface area contributed by atoms with Crippen molar-refractivity contribution >= 4 is 15.9 Å². The van der Waals surface area contributed by atoms with E-state index in [-0.39, 0.29) is 0 Å². The molecule has 0 unspecified atom stereocenters. The van der Waals surface area contributed by atoms with Gasteiger partial charge in [-0.15, -0.1) is 0 Å². The largest absolute Gasteiger partial charge is 0.330 e. The molecule has 0 radical (unpaired) electrons. The van der Waals surface area contributed by atoms with Crippen molar-refractivity contribution < 1.29 is 0 Å². The molecule has 3 nitrogen and oxygen atoms in total. The first-order chi connectivity index (χ1) is 5.77. The first kappa shape index (κ1) is 9.61. The van der Waals surface area contributed by atoms with Gasteiger partial charge in [0.1, 0.15) is 4.60 Å². The maximum Gasteiger partial charge on any atom is 0.124 e.